The van der Waals surface area contributed by atoms with Crippen LogP contribution in [0.2, 0.25) is 0 Å². The predicted octanol–water partition coefficient (Wildman–Crippen LogP) is 10.8. The molecule has 0 bridgehead atoms. The maximum Gasteiger partial charge on any atom is 0.410 e. The average molecular weight is 906 g/mol. The number of carbonyl (C=O) groups is 1. The van der Waals surface area contributed by atoms with E-state index < -0.39 is 5.60 Å². The molecule has 67 heavy (non-hydrogen) atoms. The number of fused-ring (bicyclic) bond motifs is 2. The first-order valence-electron chi connectivity index (χ1n) is 23.2. The molecule has 0 radical (unpaired) electrons. The molecular weight excluding hydrogens is 847 g/mol. The largest absolute Gasteiger partial charge is 0.444 e. The summed E-state index contributed by atoms with van der Waals surface area (Å²) < 4.78 is 16.2. The summed E-state index contributed by atoms with van der Waals surface area (Å²) in [6, 6.07) is 8.64. The summed E-state index contributed by atoms with van der Waals surface area (Å²) in [7, 11) is 0. The second-order valence-electron chi connectivity index (χ2n) is 18.8. The van der Waals surface area contributed by atoms with Gasteiger partial charge in [0.1, 0.15) is 28.4 Å². The Morgan fingerprint density at radius 3 is 1.64 bits per heavy atom. The number of H-pyrrole nitrogens is 2. The van der Waals surface area contributed by atoms with Crippen molar-refractivity contribution >= 4 is 40.1 Å². The number of carbonyl (C=O) groups excluding carboxylic acids is 1. The lowest BCUT2D eigenvalue weighted by molar-refractivity contribution is 0.0206. The number of aryl methyl sites for hydroxylation is 6. The molecule has 17 nitrogen and oxygen atoms in total. The molecule has 348 valence electrons. The van der Waals surface area contributed by atoms with Gasteiger partial charge in [0.15, 0.2) is 0 Å². The Labute approximate surface area is 389 Å². The Balaban J connectivity index is 0.000000171. The van der Waals surface area contributed by atoms with E-state index in [4.69, 9.17) is 33.7 Å². The lowest BCUT2D eigenvalue weighted by atomic mass is 9.96. The van der Waals surface area contributed by atoms with Gasteiger partial charge in [-0.25, -0.2) is 34.7 Å². The van der Waals surface area contributed by atoms with Crippen molar-refractivity contribution < 1.29 is 18.6 Å². The van der Waals surface area contributed by atoms with Gasteiger partial charge in [0.2, 0.25) is 11.9 Å². The van der Waals surface area contributed by atoms with Crippen molar-refractivity contribution in [1.29, 1.82) is 0 Å². The van der Waals surface area contributed by atoms with E-state index in [1.54, 1.807) is 4.90 Å². The number of rotatable bonds is 8. The molecule has 1 amide bonds. The van der Waals surface area contributed by atoms with Crippen LogP contribution in [0.15, 0.2) is 58.1 Å². The third-order valence-electron chi connectivity index (χ3n) is 12.5. The fraction of sp³-hybridized carbons (Fsp3) is 0.420. The normalized spacial score (nSPS) is 15.7. The molecule has 2 aliphatic rings. The molecule has 1 aliphatic carbocycles. The molecular formula is C50H59N13O4. The van der Waals surface area contributed by atoms with Crippen molar-refractivity contribution in [2.45, 2.75) is 125 Å². The molecule has 1 aliphatic heterocycles. The Hall–Kier alpha value is -7.17. The van der Waals surface area contributed by atoms with Gasteiger partial charge >= 0.3 is 6.09 Å². The van der Waals surface area contributed by atoms with E-state index in [2.05, 4.69) is 46.9 Å². The number of hydrogen-bond acceptors (Lipinski definition) is 14. The highest BCUT2D eigenvalue weighted by Gasteiger charge is 2.28. The van der Waals surface area contributed by atoms with Gasteiger partial charge in [-0.3, -0.25) is 0 Å². The monoisotopic (exact) mass is 905 g/mol. The van der Waals surface area contributed by atoms with Gasteiger partial charge in [0, 0.05) is 71.9 Å². The maximum absolute atomic E-state index is 12.6. The number of nitrogens with zero attached hydrogens (tertiary/aromatic N) is 9. The predicted molar refractivity (Wildman–Crippen MR) is 259 cm³/mol. The van der Waals surface area contributed by atoms with Crippen LogP contribution >= 0.6 is 0 Å². The number of ether oxygens (including phenoxy) is 1. The Morgan fingerprint density at radius 1 is 0.672 bits per heavy atom. The molecule has 10 rings (SSSR count). The highest BCUT2D eigenvalue weighted by atomic mass is 16.6. The molecule has 1 saturated heterocycles. The number of anilines is 2. The van der Waals surface area contributed by atoms with Gasteiger partial charge in [-0.1, -0.05) is 29.6 Å². The van der Waals surface area contributed by atoms with Crippen molar-refractivity contribution in [3.8, 4) is 45.0 Å². The van der Waals surface area contributed by atoms with Crippen molar-refractivity contribution in [2.24, 2.45) is 0 Å². The number of amides is 1. The minimum atomic E-state index is -0.519. The lowest BCUT2D eigenvalue weighted by Crippen LogP contribution is -2.47. The van der Waals surface area contributed by atoms with Crippen molar-refractivity contribution in [3.63, 3.8) is 0 Å². The van der Waals surface area contributed by atoms with E-state index in [1.165, 1.54) is 32.1 Å². The van der Waals surface area contributed by atoms with Gasteiger partial charge in [0.05, 0.1) is 45.3 Å². The number of aromatic nitrogens is 10. The number of piperidine rings is 1. The van der Waals surface area contributed by atoms with Crippen LogP contribution in [0.4, 0.5) is 16.7 Å². The van der Waals surface area contributed by atoms with Crippen molar-refractivity contribution in [1.82, 2.24) is 55.1 Å². The molecule has 17 heteroatoms. The van der Waals surface area contributed by atoms with Crippen LogP contribution in [0.1, 0.15) is 99.8 Å². The van der Waals surface area contributed by atoms with E-state index in [-0.39, 0.29) is 12.1 Å². The fourth-order valence-corrected chi connectivity index (χ4v) is 9.15. The van der Waals surface area contributed by atoms with Gasteiger partial charge < -0.3 is 39.3 Å². The lowest BCUT2D eigenvalue weighted by Gasteiger charge is -2.34. The van der Waals surface area contributed by atoms with E-state index in [9.17, 15) is 4.79 Å². The van der Waals surface area contributed by atoms with E-state index in [0.29, 0.717) is 31.0 Å². The quantitative estimate of drug-likeness (QED) is 0.112. The van der Waals surface area contributed by atoms with Gasteiger partial charge in [-0.15, -0.1) is 0 Å². The number of hydrogen-bond donors (Lipinski definition) is 4. The topological polar surface area (TPSA) is 215 Å². The zero-order valence-electron chi connectivity index (χ0n) is 39.8. The van der Waals surface area contributed by atoms with Crippen LogP contribution in [0.25, 0.3) is 67.1 Å². The highest BCUT2D eigenvalue weighted by molar-refractivity contribution is 5.95. The van der Waals surface area contributed by atoms with Crippen LogP contribution in [0.5, 0.6) is 0 Å². The van der Waals surface area contributed by atoms with E-state index in [1.807, 2.05) is 105 Å². The minimum absolute atomic E-state index is 0.0408. The molecule has 0 aromatic carbocycles. The first kappa shape index (κ1) is 45.0. The summed E-state index contributed by atoms with van der Waals surface area (Å²) in [5, 5.41) is 17.1. The Bertz CT molecular complexity index is 3020. The summed E-state index contributed by atoms with van der Waals surface area (Å²) in [4.78, 5) is 49.3. The van der Waals surface area contributed by atoms with E-state index in [0.717, 1.165) is 114 Å². The molecule has 4 N–H and O–H groups in total. The highest BCUT2D eigenvalue weighted by Crippen LogP contribution is 2.35. The molecule has 9 heterocycles. The van der Waals surface area contributed by atoms with E-state index >= 15 is 0 Å². The molecule has 0 spiro atoms. The molecule has 8 aromatic rings. The Morgan fingerprint density at radius 2 is 1.16 bits per heavy atom. The maximum atomic E-state index is 12.6. The number of aromatic amines is 2. The molecule has 2 fully saturated rings. The second kappa shape index (κ2) is 18.6. The standard InChI is InChI=1S/C27H33N7O3.C23H26N6O/c1-15-12-29-25(30-18-8-7-11-34(14-18)26(35)36-27(4,5)6)32-23(15)20-13-28-24-19(20)9-10-21(31-24)22-16(2)33-37-17(22)3;1-13-11-25-23(26-16-7-5-4-6-8-16)28-21(13)18-12-24-22-17(18)9-10-19(27-22)20-14(2)29-30-15(20)3/h9-10,12-13,18H,7-8,11,14H2,1-6H3,(H,28,31)(H,29,30,32);9-12,16H,4-8H2,1-3H3,(H,24,27)(H,25,26,28)/t18-;/m0./s1. The first-order valence-corrected chi connectivity index (χ1v) is 23.2. The third-order valence-corrected chi connectivity index (χ3v) is 12.5. The second-order valence-corrected chi connectivity index (χ2v) is 18.8. The minimum Gasteiger partial charge on any atom is -0.444 e. The molecule has 1 saturated carbocycles. The van der Waals surface area contributed by atoms with Crippen LogP contribution in [0.3, 0.4) is 0 Å². The first-order chi connectivity index (χ1) is 32.2. The molecule has 8 aromatic heterocycles. The number of likely N-dealkylation sites (tertiary alicyclic amines) is 1. The molecule has 1 atom stereocenters. The molecule has 0 unspecified atom stereocenters. The van der Waals surface area contributed by atoms with Gasteiger partial charge in [0.25, 0.3) is 0 Å². The van der Waals surface area contributed by atoms with Crippen molar-refractivity contribution in [2.75, 3.05) is 23.7 Å². The van der Waals surface area contributed by atoms with Gasteiger partial charge in [-0.05, 0) is 123 Å². The summed E-state index contributed by atoms with van der Waals surface area (Å²) in [5.74, 6) is 2.76. The zero-order valence-corrected chi connectivity index (χ0v) is 39.8. The smallest absolute Gasteiger partial charge is 0.410 e. The van der Waals surface area contributed by atoms with Crippen LogP contribution < -0.4 is 10.6 Å². The third kappa shape index (κ3) is 9.72. The summed E-state index contributed by atoms with van der Waals surface area (Å²) >= 11 is 0. The number of pyridine rings is 2. The SMILES string of the molecule is Cc1cnc(NC2CCCCC2)nc1-c1c[nH]c2nc(-c3c(C)noc3C)ccc12.Cc1cnc(N[C@H]2CCCN(C(=O)OC(C)(C)C)C2)nc1-c1c[nH]c2nc(-c3c(C)noc3C)ccc12. The van der Waals surface area contributed by atoms with Crippen molar-refractivity contribution in [3.05, 3.63) is 83.1 Å². The average Bonchev–Trinajstić information content (AvgIpc) is 4.09. The Kier molecular flexibility index (Phi) is 12.5. The zero-order chi connectivity index (χ0) is 47.0. The summed E-state index contributed by atoms with van der Waals surface area (Å²) in [5.41, 5.74) is 12.0. The summed E-state index contributed by atoms with van der Waals surface area (Å²) in [6.07, 6.45) is 15.4. The van der Waals surface area contributed by atoms with Crippen LogP contribution in [0, 0.1) is 41.5 Å². The summed E-state index contributed by atoms with van der Waals surface area (Å²) in [6.45, 7) is 18.6. The fourth-order valence-electron chi connectivity index (χ4n) is 9.15. The van der Waals surface area contributed by atoms with Crippen LogP contribution in [-0.2, 0) is 4.74 Å². The van der Waals surface area contributed by atoms with Crippen LogP contribution in [-0.4, -0.2) is 92.0 Å². The number of nitrogens with one attached hydrogen (secondary N) is 4. The van der Waals surface area contributed by atoms with Gasteiger partial charge in [-0.2, -0.15) is 0 Å².